The molecule has 0 aliphatic heterocycles. The Kier molecular flexibility index (Phi) is 5.50. The van der Waals surface area contributed by atoms with Gasteiger partial charge in [0, 0.05) is 30.6 Å². The summed E-state index contributed by atoms with van der Waals surface area (Å²) in [6, 6.07) is -0.631. The maximum atomic E-state index is 11.7. The zero-order chi connectivity index (χ0) is 12.8. The molecule has 0 aliphatic rings. The standard InChI is InChI=1S/C11H20N4OS/c1-8(17-3)4-5-13-11(16)10(12)9-6-14-15(2)7-9/h6-8,10H,4-5,12H2,1-3H3,(H,13,16). The smallest absolute Gasteiger partial charge is 0.241 e. The number of aryl methyl sites for hydroxylation is 1. The minimum Gasteiger partial charge on any atom is -0.354 e. The van der Waals surface area contributed by atoms with Gasteiger partial charge >= 0.3 is 0 Å². The number of thioether (sulfide) groups is 1. The van der Waals surface area contributed by atoms with Crippen LogP contribution in [0, 0.1) is 0 Å². The molecule has 17 heavy (non-hydrogen) atoms. The van der Waals surface area contributed by atoms with Crippen LogP contribution in [0.15, 0.2) is 12.4 Å². The van der Waals surface area contributed by atoms with Gasteiger partial charge in [0.25, 0.3) is 0 Å². The quantitative estimate of drug-likeness (QED) is 0.785. The van der Waals surface area contributed by atoms with Gasteiger partial charge in [-0.25, -0.2) is 0 Å². The third-order valence-electron chi connectivity index (χ3n) is 2.62. The fourth-order valence-electron chi connectivity index (χ4n) is 1.38. The van der Waals surface area contributed by atoms with Gasteiger partial charge in [-0.05, 0) is 12.7 Å². The Hall–Kier alpha value is -1.01. The summed E-state index contributed by atoms with van der Waals surface area (Å²) in [5.41, 5.74) is 6.57. The second-order valence-corrected chi connectivity index (χ2v) is 5.33. The summed E-state index contributed by atoms with van der Waals surface area (Å²) >= 11 is 1.79. The lowest BCUT2D eigenvalue weighted by Crippen LogP contribution is -2.35. The summed E-state index contributed by atoms with van der Waals surface area (Å²) < 4.78 is 1.64. The summed E-state index contributed by atoms with van der Waals surface area (Å²) in [6.45, 7) is 2.80. The van der Waals surface area contributed by atoms with Gasteiger partial charge in [0.1, 0.15) is 6.04 Å². The molecule has 1 heterocycles. The number of rotatable bonds is 6. The van der Waals surface area contributed by atoms with Crippen LogP contribution >= 0.6 is 11.8 Å². The highest BCUT2D eigenvalue weighted by atomic mass is 32.2. The molecule has 5 nitrogen and oxygen atoms in total. The molecule has 2 unspecified atom stereocenters. The summed E-state index contributed by atoms with van der Waals surface area (Å²) in [4.78, 5) is 11.7. The van der Waals surface area contributed by atoms with Gasteiger partial charge in [-0.1, -0.05) is 6.92 Å². The molecule has 2 atom stereocenters. The molecule has 1 aromatic rings. The van der Waals surface area contributed by atoms with E-state index in [9.17, 15) is 4.79 Å². The normalized spacial score (nSPS) is 14.4. The number of carbonyl (C=O) groups is 1. The Morgan fingerprint density at radius 3 is 2.94 bits per heavy atom. The number of carbonyl (C=O) groups excluding carboxylic acids is 1. The molecule has 0 aliphatic carbocycles. The Bertz CT molecular complexity index is 366. The van der Waals surface area contributed by atoms with E-state index in [0.717, 1.165) is 12.0 Å². The molecule has 0 radical (unpaired) electrons. The summed E-state index contributed by atoms with van der Waals surface area (Å²) in [7, 11) is 1.80. The van der Waals surface area contributed by atoms with Gasteiger partial charge in [0.15, 0.2) is 0 Å². The van der Waals surface area contributed by atoms with Crippen molar-refractivity contribution < 1.29 is 4.79 Å². The lowest BCUT2D eigenvalue weighted by Gasteiger charge is -2.12. The Morgan fingerprint density at radius 1 is 1.71 bits per heavy atom. The Morgan fingerprint density at radius 2 is 2.41 bits per heavy atom. The second-order valence-electron chi connectivity index (χ2n) is 4.05. The van der Waals surface area contributed by atoms with Gasteiger partial charge in [-0.2, -0.15) is 16.9 Å². The van der Waals surface area contributed by atoms with Crippen LogP contribution < -0.4 is 11.1 Å². The van der Waals surface area contributed by atoms with E-state index in [1.165, 1.54) is 0 Å². The molecule has 0 bridgehead atoms. The topological polar surface area (TPSA) is 72.9 Å². The van der Waals surface area contributed by atoms with Crippen molar-refractivity contribution in [1.29, 1.82) is 0 Å². The SMILES string of the molecule is CSC(C)CCNC(=O)C(N)c1cnn(C)c1. The van der Waals surface area contributed by atoms with Crippen LogP contribution in [0.5, 0.6) is 0 Å². The van der Waals surface area contributed by atoms with E-state index in [1.807, 2.05) is 0 Å². The van der Waals surface area contributed by atoms with Crippen molar-refractivity contribution in [2.75, 3.05) is 12.8 Å². The predicted molar refractivity (Wildman–Crippen MR) is 70.7 cm³/mol. The number of nitrogens with one attached hydrogen (secondary N) is 1. The predicted octanol–water partition coefficient (Wildman–Crippen LogP) is 0.678. The van der Waals surface area contributed by atoms with E-state index < -0.39 is 6.04 Å². The molecular weight excluding hydrogens is 236 g/mol. The van der Waals surface area contributed by atoms with Crippen LogP contribution in [0.3, 0.4) is 0 Å². The average Bonchev–Trinajstić information content (AvgIpc) is 2.74. The highest BCUT2D eigenvalue weighted by molar-refractivity contribution is 7.99. The number of amides is 1. The fourth-order valence-corrected chi connectivity index (χ4v) is 1.73. The molecule has 0 aromatic carbocycles. The van der Waals surface area contributed by atoms with Crippen LogP contribution in [0.4, 0.5) is 0 Å². The second kappa shape index (κ2) is 6.66. The van der Waals surface area contributed by atoms with Crippen molar-refractivity contribution in [3.05, 3.63) is 18.0 Å². The van der Waals surface area contributed by atoms with Crippen LogP contribution in [-0.4, -0.2) is 33.7 Å². The van der Waals surface area contributed by atoms with Crippen LogP contribution in [0.2, 0.25) is 0 Å². The number of aromatic nitrogens is 2. The number of nitrogens with zero attached hydrogens (tertiary/aromatic N) is 2. The fraction of sp³-hybridized carbons (Fsp3) is 0.636. The number of nitrogens with two attached hydrogens (primary N) is 1. The van der Waals surface area contributed by atoms with Gasteiger partial charge in [0.2, 0.25) is 5.91 Å². The van der Waals surface area contributed by atoms with Crippen LogP contribution in [0.1, 0.15) is 24.9 Å². The van der Waals surface area contributed by atoms with E-state index in [2.05, 4.69) is 23.6 Å². The van der Waals surface area contributed by atoms with E-state index >= 15 is 0 Å². The highest BCUT2D eigenvalue weighted by Crippen LogP contribution is 2.10. The van der Waals surface area contributed by atoms with E-state index in [0.29, 0.717) is 11.8 Å². The minimum absolute atomic E-state index is 0.147. The third-order valence-corrected chi connectivity index (χ3v) is 3.66. The van der Waals surface area contributed by atoms with Crippen LogP contribution in [-0.2, 0) is 11.8 Å². The first-order valence-electron chi connectivity index (χ1n) is 5.59. The van der Waals surface area contributed by atoms with E-state index in [1.54, 1.807) is 35.9 Å². The molecule has 0 saturated heterocycles. The van der Waals surface area contributed by atoms with Crippen molar-refractivity contribution in [2.24, 2.45) is 12.8 Å². The van der Waals surface area contributed by atoms with Crippen molar-refractivity contribution in [2.45, 2.75) is 24.6 Å². The number of hydrogen-bond acceptors (Lipinski definition) is 4. The van der Waals surface area contributed by atoms with Crippen molar-refractivity contribution in [1.82, 2.24) is 15.1 Å². The van der Waals surface area contributed by atoms with E-state index in [-0.39, 0.29) is 5.91 Å². The first kappa shape index (κ1) is 14.1. The van der Waals surface area contributed by atoms with Gasteiger partial charge in [-0.3, -0.25) is 9.48 Å². The number of hydrogen-bond donors (Lipinski definition) is 2. The van der Waals surface area contributed by atoms with Crippen molar-refractivity contribution >= 4 is 17.7 Å². The lowest BCUT2D eigenvalue weighted by molar-refractivity contribution is -0.122. The molecule has 0 spiro atoms. The van der Waals surface area contributed by atoms with Crippen LogP contribution in [0.25, 0.3) is 0 Å². The monoisotopic (exact) mass is 256 g/mol. The minimum atomic E-state index is -0.631. The maximum absolute atomic E-state index is 11.7. The largest absolute Gasteiger partial charge is 0.354 e. The Balaban J connectivity index is 2.37. The maximum Gasteiger partial charge on any atom is 0.241 e. The Labute approximate surface area is 106 Å². The van der Waals surface area contributed by atoms with Gasteiger partial charge < -0.3 is 11.1 Å². The average molecular weight is 256 g/mol. The molecule has 1 rings (SSSR count). The van der Waals surface area contributed by atoms with Crippen molar-refractivity contribution in [3.63, 3.8) is 0 Å². The lowest BCUT2D eigenvalue weighted by atomic mass is 10.1. The van der Waals surface area contributed by atoms with E-state index in [4.69, 9.17) is 5.73 Å². The van der Waals surface area contributed by atoms with Crippen molar-refractivity contribution in [3.8, 4) is 0 Å². The first-order chi connectivity index (χ1) is 8.04. The molecule has 96 valence electrons. The molecule has 1 aromatic heterocycles. The highest BCUT2D eigenvalue weighted by Gasteiger charge is 2.16. The summed E-state index contributed by atoms with van der Waals surface area (Å²) in [6.07, 6.45) is 6.39. The molecule has 1 amide bonds. The molecule has 3 N–H and O–H groups in total. The first-order valence-corrected chi connectivity index (χ1v) is 6.88. The zero-order valence-electron chi connectivity index (χ0n) is 10.5. The zero-order valence-corrected chi connectivity index (χ0v) is 11.3. The summed E-state index contributed by atoms with van der Waals surface area (Å²) in [5, 5.41) is 7.38. The molecule has 6 heteroatoms. The molecule has 0 saturated carbocycles. The summed E-state index contributed by atoms with van der Waals surface area (Å²) in [5.74, 6) is -0.147. The molecule has 0 fully saturated rings. The molecular formula is C11H20N4OS. The van der Waals surface area contributed by atoms with Gasteiger partial charge in [0.05, 0.1) is 6.20 Å². The van der Waals surface area contributed by atoms with Gasteiger partial charge in [-0.15, -0.1) is 0 Å². The third kappa shape index (κ3) is 4.40.